The van der Waals surface area contributed by atoms with E-state index < -0.39 is 5.82 Å². The van der Waals surface area contributed by atoms with Gasteiger partial charge in [0.05, 0.1) is 10.9 Å². The van der Waals surface area contributed by atoms with E-state index in [4.69, 9.17) is 0 Å². The Kier molecular flexibility index (Phi) is 4.11. The van der Waals surface area contributed by atoms with E-state index in [1.807, 2.05) is 14.1 Å². The number of rotatable bonds is 5. The number of hydrogen-bond acceptors (Lipinski definition) is 4. The zero-order valence-corrected chi connectivity index (χ0v) is 11.0. The molecule has 0 saturated heterocycles. The van der Waals surface area contributed by atoms with Gasteiger partial charge in [0.2, 0.25) is 5.95 Å². The van der Waals surface area contributed by atoms with Crippen LogP contribution in [0.25, 0.3) is 10.9 Å². The van der Waals surface area contributed by atoms with Crippen molar-refractivity contribution < 1.29 is 4.39 Å². The Bertz CT molecular complexity index is 624. The highest BCUT2D eigenvalue weighted by Gasteiger charge is 2.04. The van der Waals surface area contributed by atoms with Gasteiger partial charge in [0.25, 0.3) is 5.56 Å². The maximum Gasteiger partial charge on any atom is 0.260 e. The van der Waals surface area contributed by atoms with Crippen LogP contribution in [0, 0.1) is 5.82 Å². The van der Waals surface area contributed by atoms with Crippen molar-refractivity contribution in [3.8, 4) is 0 Å². The van der Waals surface area contributed by atoms with Crippen molar-refractivity contribution in [2.24, 2.45) is 0 Å². The highest BCUT2D eigenvalue weighted by Crippen LogP contribution is 2.10. The van der Waals surface area contributed by atoms with Crippen LogP contribution in [0.1, 0.15) is 6.42 Å². The van der Waals surface area contributed by atoms with Gasteiger partial charge in [-0.2, -0.15) is 0 Å². The fraction of sp³-hybridized carbons (Fsp3) is 0.385. The summed E-state index contributed by atoms with van der Waals surface area (Å²) < 4.78 is 13.0. The van der Waals surface area contributed by atoms with Crippen LogP contribution in [0.15, 0.2) is 23.0 Å². The third-order valence-electron chi connectivity index (χ3n) is 2.74. The number of hydrogen-bond donors (Lipinski definition) is 2. The molecular formula is C13H17FN4O. The molecule has 0 aliphatic rings. The molecule has 1 aromatic heterocycles. The average molecular weight is 264 g/mol. The third kappa shape index (κ3) is 3.51. The Morgan fingerprint density at radius 1 is 1.42 bits per heavy atom. The van der Waals surface area contributed by atoms with Crippen molar-refractivity contribution in [1.29, 1.82) is 0 Å². The summed E-state index contributed by atoms with van der Waals surface area (Å²) >= 11 is 0. The molecule has 1 heterocycles. The summed E-state index contributed by atoms with van der Waals surface area (Å²) in [6.45, 7) is 1.67. The molecule has 2 rings (SSSR count). The van der Waals surface area contributed by atoms with E-state index in [0.29, 0.717) is 18.0 Å². The molecule has 0 bridgehead atoms. The highest BCUT2D eigenvalue weighted by molar-refractivity contribution is 5.78. The number of nitrogens with zero attached hydrogens (tertiary/aromatic N) is 2. The van der Waals surface area contributed by atoms with E-state index in [2.05, 4.69) is 20.2 Å². The molecule has 1 aromatic carbocycles. The maximum absolute atomic E-state index is 13.0. The van der Waals surface area contributed by atoms with Crippen LogP contribution >= 0.6 is 0 Å². The van der Waals surface area contributed by atoms with Gasteiger partial charge in [0.15, 0.2) is 0 Å². The smallest absolute Gasteiger partial charge is 0.260 e. The quantitative estimate of drug-likeness (QED) is 0.802. The molecule has 0 atom stereocenters. The minimum absolute atomic E-state index is 0.263. The van der Waals surface area contributed by atoms with Crippen molar-refractivity contribution in [2.75, 3.05) is 32.5 Å². The van der Waals surface area contributed by atoms with Crippen molar-refractivity contribution in [2.45, 2.75) is 6.42 Å². The molecule has 2 aromatic rings. The normalized spacial score (nSPS) is 11.2. The Morgan fingerprint density at radius 2 is 2.21 bits per heavy atom. The van der Waals surface area contributed by atoms with E-state index >= 15 is 0 Å². The molecule has 0 radical (unpaired) electrons. The molecule has 0 saturated carbocycles. The lowest BCUT2D eigenvalue weighted by Gasteiger charge is -2.10. The summed E-state index contributed by atoms with van der Waals surface area (Å²) in [6.07, 6.45) is 0.943. The zero-order chi connectivity index (χ0) is 13.8. The first kappa shape index (κ1) is 13.5. The standard InChI is InChI=1S/C13H17FN4O/c1-18(2)7-3-6-15-13-16-11-5-4-9(14)8-10(11)12(19)17-13/h4-5,8H,3,6-7H2,1-2H3,(H2,15,16,17,19). The fourth-order valence-corrected chi connectivity index (χ4v) is 1.80. The minimum Gasteiger partial charge on any atom is -0.356 e. The molecule has 0 fully saturated rings. The molecule has 102 valence electrons. The number of nitrogens with one attached hydrogen (secondary N) is 2. The summed E-state index contributed by atoms with van der Waals surface area (Å²) in [7, 11) is 4.01. The van der Waals surface area contributed by atoms with Gasteiger partial charge in [-0.25, -0.2) is 9.37 Å². The van der Waals surface area contributed by atoms with Gasteiger partial charge < -0.3 is 10.2 Å². The first-order chi connectivity index (χ1) is 9.06. The van der Waals surface area contributed by atoms with Crippen LogP contribution in [0.5, 0.6) is 0 Å². The van der Waals surface area contributed by atoms with Crippen molar-refractivity contribution in [3.63, 3.8) is 0 Å². The Labute approximate surface area is 110 Å². The van der Waals surface area contributed by atoms with E-state index in [0.717, 1.165) is 13.0 Å². The van der Waals surface area contributed by atoms with Gasteiger partial charge in [-0.3, -0.25) is 9.78 Å². The van der Waals surface area contributed by atoms with Gasteiger partial charge in [-0.15, -0.1) is 0 Å². The first-order valence-electron chi connectivity index (χ1n) is 6.14. The molecular weight excluding hydrogens is 247 g/mol. The average Bonchev–Trinajstić information content (AvgIpc) is 2.35. The predicted octanol–water partition coefficient (Wildman–Crippen LogP) is 1.43. The molecule has 2 N–H and O–H groups in total. The summed E-state index contributed by atoms with van der Waals surface area (Å²) in [6, 6.07) is 3.99. The summed E-state index contributed by atoms with van der Waals surface area (Å²) in [4.78, 5) is 20.7. The topological polar surface area (TPSA) is 61.0 Å². The van der Waals surface area contributed by atoms with Crippen molar-refractivity contribution >= 4 is 16.9 Å². The molecule has 0 aliphatic heterocycles. The van der Waals surface area contributed by atoms with Crippen LogP contribution in [0.4, 0.5) is 10.3 Å². The summed E-state index contributed by atoms with van der Waals surface area (Å²) in [5.74, 6) is -0.0191. The van der Waals surface area contributed by atoms with E-state index in [9.17, 15) is 9.18 Å². The van der Waals surface area contributed by atoms with Crippen LogP contribution in [0.2, 0.25) is 0 Å². The van der Waals surface area contributed by atoms with E-state index in [1.54, 1.807) is 0 Å². The first-order valence-corrected chi connectivity index (χ1v) is 6.14. The largest absolute Gasteiger partial charge is 0.356 e. The van der Waals surface area contributed by atoms with Crippen LogP contribution in [-0.4, -0.2) is 42.1 Å². The SMILES string of the molecule is CN(C)CCCNc1nc2ccc(F)cc2c(=O)[nH]1. The molecule has 0 aliphatic carbocycles. The number of H-pyrrole nitrogens is 1. The Balaban J connectivity index is 2.13. The Hall–Kier alpha value is -1.95. The number of aromatic amines is 1. The van der Waals surface area contributed by atoms with Gasteiger partial charge >= 0.3 is 0 Å². The van der Waals surface area contributed by atoms with Crippen LogP contribution in [-0.2, 0) is 0 Å². The van der Waals surface area contributed by atoms with Gasteiger partial charge in [0, 0.05) is 6.54 Å². The van der Waals surface area contributed by atoms with Crippen LogP contribution in [0.3, 0.4) is 0 Å². The molecule has 0 amide bonds. The lowest BCUT2D eigenvalue weighted by Crippen LogP contribution is -2.18. The number of aromatic nitrogens is 2. The molecule has 6 heteroatoms. The number of anilines is 1. The Morgan fingerprint density at radius 3 is 2.95 bits per heavy atom. The number of benzene rings is 1. The van der Waals surface area contributed by atoms with Gasteiger partial charge in [0.1, 0.15) is 5.82 Å². The molecule has 0 unspecified atom stereocenters. The van der Waals surface area contributed by atoms with E-state index in [-0.39, 0.29) is 10.9 Å². The zero-order valence-electron chi connectivity index (χ0n) is 11.0. The molecule has 19 heavy (non-hydrogen) atoms. The fourth-order valence-electron chi connectivity index (χ4n) is 1.80. The second kappa shape index (κ2) is 5.79. The molecule has 5 nitrogen and oxygen atoms in total. The van der Waals surface area contributed by atoms with Crippen molar-refractivity contribution in [3.05, 3.63) is 34.4 Å². The number of fused-ring (bicyclic) bond motifs is 1. The van der Waals surface area contributed by atoms with E-state index in [1.165, 1.54) is 18.2 Å². The van der Waals surface area contributed by atoms with Gasteiger partial charge in [-0.05, 0) is 45.3 Å². The summed E-state index contributed by atoms with van der Waals surface area (Å²) in [5.41, 5.74) is 0.153. The lowest BCUT2D eigenvalue weighted by molar-refractivity contribution is 0.405. The highest BCUT2D eigenvalue weighted by atomic mass is 19.1. The maximum atomic E-state index is 13.0. The van der Waals surface area contributed by atoms with Crippen molar-refractivity contribution in [1.82, 2.24) is 14.9 Å². The second-order valence-corrected chi connectivity index (χ2v) is 4.66. The minimum atomic E-state index is -0.438. The van der Waals surface area contributed by atoms with Crippen LogP contribution < -0.4 is 10.9 Å². The third-order valence-corrected chi connectivity index (χ3v) is 2.74. The molecule has 0 spiro atoms. The van der Waals surface area contributed by atoms with Gasteiger partial charge in [-0.1, -0.05) is 0 Å². The second-order valence-electron chi connectivity index (χ2n) is 4.66. The predicted molar refractivity (Wildman–Crippen MR) is 74.0 cm³/mol. The lowest BCUT2D eigenvalue weighted by atomic mass is 10.2. The summed E-state index contributed by atoms with van der Waals surface area (Å²) in [5, 5.41) is 3.32. The number of halogens is 1. The monoisotopic (exact) mass is 264 g/mol.